The van der Waals surface area contributed by atoms with E-state index >= 15 is 0 Å². The molecule has 122 valence electrons. The molecule has 1 aliphatic heterocycles. The molecule has 2 N–H and O–H groups in total. The first kappa shape index (κ1) is 16.4. The molecule has 0 spiro atoms. The van der Waals surface area contributed by atoms with E-state index in [0.717, 1.165) is 43.0 Å². The highest BCUT2D eigenvalue weighted by Crippen LogP contribution is 2.29. The molecule has 1 aromatic carbocycles. The van der Waals surface area contributed by atoms with Gasteiger partial charge < -0.3 is 15.0 Å². The third kappa shape index (κ3) is 3.28. The number of carbonyl (C=O) groups excluding carboxylic acids is 1. The van der Waals surface area contributed by atoms with Crippen LogP contribution in [0.15, 0.2) is 12.1 Å². The van der Waals surface area contributed by atoms with Crippen LogP contribution in [-0.2, 0) is 24.2 Å². The number of ether oxygens (including phenoxy) is 1. The van der Waals surface area contributed by atoms with E-state index in [-0.39, 0.29) is 5.97 Å². The number of carbonyl (C=O) groups is 1. The van der Waals surface area contributed by atoms with Crippen molar-refractivity contribution < 1.29 is 9.53 Å². The molecule has 0 bridgehead atoms. The predicted octanol–water partition coefficient (Wildman–Crippen LogP) is 3.41. The summed E-state index contributed by atoms with van der Waals surface area (Å²) in [5.41, 5.74) is 4.95. The van der Waals surface area contributed by atoms with Gasteiger partial charge in [-0.2, -0.15) is 0 Å². The van der Waals surface area contributed by atoms with E-state index in [1.54, 1.807) is 0 Å². The van der Waals surface area contributed by atoms with Gasteiger partial charge in [0.05, 0.1) is 12.3 Å². The zero-order chi connectivity index (χ0) is 16.4. The Hall–Kier alpha value is -1.41. The maximum absolute atomic E-state index is 12.1. The van der Waals surface area contributed by atoms with E-state index in [1.807, 2.05) is 6.92 Å². The first-order valence-electron chi connectivity index (χ1n) is 7.92. The molecule has 0 radical (unpaired) electrons. The Morgan fingerprint density at radius 2 is 2.17 bits per heavy atom. The Bertz CT molecular complexity index is 740. The number of nitrogens with one attached hydrogen (secondary N) is 2. The molecule has 0 fully saturated rings. The SMILES string of the molecule is CCCc1nc(-c2cc(I)c3c(c2)CNC3)[nH]c1C(=O)OCC. The minimum atomic E-state index is -0.327. The van der Waals surface area contributed by atoms with Gasteiger partial charge in [-0.25, -0.2) is 9.78 Å². The van der Waals surface area contributed by atoms with Crippen LogP contribution in [0.4, 0.5) is 0 Å². The van der Waals surface area contributed by atoms with E-state index in [9.17, 15) is 4.79 Å². The van der Waals surface area contributed by atoms with Crippen molar-refractivity contribution in [2.75, 3.05) is 6.61 Å². The molecule has 0 saturated heterocycles. The van der Waals surface area contributed by atoms with Crippen LogP contribution in [-0.4, -0.2) is 22.5 Å². The fraction of sp³-hybridized carbons (Fsp3) is 0.412. The highest BCUT2D eigenvalue weighted by Gasteiger charge is 2.21. The lowest BCUT2D eigenvalue weighted by Crippen LogP contribution is -2.08. The molecule has 0 aliphatic carbocycles. The molecule has 0 amide bonds. The summed E-state index contributed by atoms with van der Waals surface area (Å²) in [4.78, 5) is 20.0. The van der Waals surface area contributed by atoms with Crippen molar-refractivity contribution in [3.05, 3.63) is 38.2 Å². The number of aryl methyl sites for hydroxylation is 1. The van der Waals surface area contributed by atoms with Crippen LogP contribution in [0.1, 0.15) is 47.6 Å². The summed E-state index contributed by atoms with van der Waals surface area (Å²) in [6, 6.07) is 4.27. The number of hydrogen-bond acceptors (Lipinski definition) is 4. The van der Waals surface area contributed by atoms with E-state index in [0.29, 0.717) is 12.3 Å². The zero-order valence-electron chi connectivity index (χ0n) is 13.3. The number of halogens is 1. The molecule has 6 heteroatoms. The van der Waals surface area contributed by atoms with E-state index < -0.39 is 0 Å². The Morgan fingerprint density at radius 3 is 2.91 bits per heavy atom. The highest BCUT2D eigenvalue weighted by molar-refractivity contribution is 14.1. The largest absolute Gasteiger partial charge is 0.461 e. The second-order valence-corrected chi connectivity index (χ2v) is 6.74. The van der Waals surface area contributed by atoms with Crippen LogP contribution < -0.4 is 5.32 Å². The van der Waals surface area contributed by atoms with Crippen molar-refractivity contribution in [3.8, 4) is 11.4 Å². The van der Waals surface area contributed by atoms with Crippen LogP contribution >= 0.6 is 22.6 Å². The third-order valence-electron chi connectivity index (χ3n) is 3.92. The van der Waals surface area contributed by atoms with Crippen LogP contribution in [0.25, 0.3) is 11.4 Å². The third-order valence-corrected chi connectivity index (χ3v) is 4.89. The second kappa shape index (κ2) is 7.00. The summed E-state index contributed by atoms with van der Waals surface area (Å²) in [6.45, 7) is 6.05. The van der Waals surface area contributed by atoms with Gasteiger partial charge in [0.25, 0.3) is 0 Å². The lowest BCUT2D eigenvalue weighted by Gasteiger charge is -2.05. The van der Waals surface area contributed by atoms with Crippen molar-refractivity contribution in [1.29, 1.82) is 0 Å². The topological polar surface area (TPSA) is 67.0 Å². The number of imidazole rings is 1. The molecule has 0 atom stereocenters. The zero-order valence-corrected chi connectivity index (χ0v) is 15.5. The second-order valence-electron chi connectivity index (χ2n) is 5.58. The minimum Gasteiger partial charge on any atom is -0.461 e. The van der Waals surface area contributed by atoms with Gasteiger partial charge in [-0.05, 0) is 59.2 Å². The average molecular weight is 425 g/mol. The van der Waals surface area contributed by atoms with E-state index in [4.69, 9.17) is 4.74 Å². The van der Waals surface area contributed by atoms with Gasteiger partial charge in [0, 0.05) is 22.2 Å². The number of aromatic nitrogens is 2. The number of rotatable bonds is 5. The quantitative estimate of drug-likeness (QED) is 0.569. The summed E-state index contributed by atoms with van der Waals surface area (Å²) >= 11 is 2.36. The van der Waals surface area contributed by atoms with Crippen LogP contribution in [0.2, 0.25) is 0 Å². The van der Waals surface area contributed by atoms with Crippen molar-refractivity contribution in [1.82, 2.24) is 15.3 Å². The van der Waals surface area contributed by atoms with Crippen LogP contribution in [0.5, 0.6) is 0 Å². The molecule has 2 aromatic rings. The predicted molar refractivity (Wildman–Crippen MR) is 97.2 cm³/mol. The summed E-state index contributed by atoms with van der Waals surface area (Å²) in [6.07, 6.45) is 1.69. The molecule has 23 heavy (non-hydrogen) atoms. The maximum atomic E-state index is 12.1. The molecule has 1 aromatic heterocycles. The number of benzene rings is 1. The molecule has 0 unspecified atom stereocenters. The summed E-state index contributed by atoms with van der Waals surface area (Å²) in [5, 5.41) is 3.37. The fourth-order valence-corrected chi connectivity index (χ4v) is 3.72. The first-order valence-corrected chi connectivity index (χ1v) is 9.00. The Balaban J connectivity index is 2.01. The number of fused-ring (bicyclic) bond motifs is 1. The minimum absolute atomic E-state index is 0.327. The molecule has 0 saturated carbocycles. The van der Waals surface area contributed by atoms with Gasteiger partial charge in [0.1, 0.15) is 11.5 Å². The van der Waals surface area contributed by atoms with Crippen molar-refractivity contribution in [3.63, 3.8) is 0 Å². The summed E-state index contributed by atoms with van der Waals surface area (Å²) in [7, 11) is 0. The number of hydrogen-bond donors (Lipinski definition) is 2. The number of nitrogens with zero attached hydrogens (tertiary/aromatic N) is 1. The molecular formula is C17H20IN3O2. The molecular weight excluding hydrogens is 405 g/mol. The molecule has 3 rings (SSSR count). The summed E-state index contributed by atoms with van der Waals surface area (Å²) in [5.74, 6) is 0.413. The average Bonchev–Trinajstić information content (AvgIpc) is 3.14. The first-order chi connectivity index (χ1) is 11.1. The molecule has 5 nitrogen and oxygen atoms in total. The van der Waals surface area contributed by atoms with Gasteiger partial charge >= 0.3 is 5.97 Å². The van der Waals surface area contributed by atoms with Crippen molar-refractivity contribution in [2.24, 2.45) is 0 Å². The monoisotopic (exact) mass is 425 g/mol. The van der Waals surface area contributed by atoms with Gasteiger partial charge in [0.2, 0.25) is 0 Å². The van der Waals surface area contributed by atoms with Crippen molar-refractivity contribution >= 4 is 28.6 Å². The fourth-order valence-electron chi connectivity index (χ4n) is 2.84. The number of esters is 1. The highest BCUT2D eigenvalue weighted by atomic mass is 127. The molecule has 2 heterocycles. The Kier molecular flexibility index (Phi) is 5.01. The maximum Gasteiger partial charge on any atom is 0.356 e. The van der Waals surface area contributed by atoms with Crippen LogP contribution in [0.3, 0.4) is 0 Å². The van der Waals surface area contributed by atoms with Crippen molar-refractivity contribution in [2.45, 2.75) is 39.8 Å². The number of aromatic amines is 1. The van der Waals surface area contributed by atoms with E-state index in [2.05, 4.69) is 56.9 Å². The van der Waals surface area contributed by atoms with Gasteiger partial charge in [0.15, 0.2) is 0 Å². The lowest BCUT2D eigenvalue weighted by atomic mass is 10.1. The molecule has 1 aliphatic rings. The normalized spacial score (nSPS) is 13.2. The van der Waals surface area contributed by atoms with Gasteiger partial charge in [-0.15, -0.1) is 0 Å². The van der Waals surface area contributed by atoms with E-state index in [1.165, 1.54) is 14.7 Å². The number of H-pyrrole nitrogens is 1. The Morgan fingerprint density at radius 1 is 1.35 bits per heavy atom. The van der Waals surface area contributed by atoms with Gasteiger partial charge in [-0.3, -0.25) is 0 Å². The summed E-state index contributed by atoms with van der Waals surface area (Å²) < 4.78 is 6.37. The smallest absolute Gasteiger partial charge is 0.356 e. The Labute approximate surface area is 149 Å². The lowest BCUT2D eigenvalue weighted by molar-refractivity contribution is 0.0519. The van der Waals surface area contributed by atoms with Crippen LogP contribution in [0, 0.1) is 3.57 Å². The standard InChI is InChI=1S/C17H20IN3O2/c1-3-5-14-15(17(22)23-4-2)21-16(20-14)10-6-11-8-19-9-12(11)13(18)7-10/h6-7,19H,3-5,8-9H2,1-2H3,(H,20,21). The van der Waals surface area contributed by atoms with Gasteiger partial charge in [-0.1, -0.05) is 13.3 Å².